The zero-order chi connectivity index (χ0) is 20.0. The molecular weight excluding hydrogens is 354 g/mol. The molecule has 5 nitrogen and oxygen atoms in total. The number of amides is 1. The fourth-order valence-electron chi connectivity index (χ4n) is 2.25. The Morgan fingerprint density at radius 2 is 2.00 bits per heavy atom. The molecule has 7 heteroatoms. The molecule has 0 heterocycles. The molecule has 0 aromatic heterocycles. The number of carbonyl (C=O) groups is 1. The number of benzene rings is 2. The minimum absolute atomic E-state index is 0.166. The summed E-state index contributed by atoms with van der Waals surface area (Å²) in [6.07, 6.45) is 1.15. The Bertz CT molecular complexity index is 918. The number of para-hydroxylation sites is 1. The molecule has 0 aliphatic heterocycles. The highest BCUT2D eigenvalue weighted by molar-refractivity contribution is 6.09. The zero-order valence-corrected chi connectivity index (χ0v) is 15.0. The Hall–Kier alpha value is -3.40. The average molecular weight is 372 g/mol. The van der Waals surface area contributed by atoms with E-state index in [2.05, 4.69) is 5.32 Å². The third-order valence-electron chi connectivity index (χ3n) is 3.43. The molecule has 0 radical (unpaired) electrons. The number of carbonyl (C=O) groups excluding carboxylic acids is 1. The van der Waals surface area contributed by atoms with Gasteiger partial charge in [0.25, 0.3) is 5.91 Å². The lowest BCUT2D eigenvalue weighted by molar-refractivity contribution is -0.112. The zero-order valence-electron chi connectivity index (χ0n) is 15.0. The van der Waals surface area contributed by atoms with E-state index in [1.807, 2.05) is 13.8 Å². The summed E-state index contributed by atoms with van der Waals surface area (Å²) in [5, 5.41) is 11.6. The lowest BCUT2D eigenvalue weighted by Crippen LogP contribution is -2.15. The van der Waals surface area contributed by atoms with Crippen molar-refractivity contribution in [2.45, 2.75) is 20.0 Å². The third kappa shape index (κ3) is 5.05. The lowest BCUT2D eigenvalue weighted by Gasteiger charge is -2.16. The summed E-state index contributed by atoms with van der Waals surface area (Å²) in [5.41, 5.74) is -0.0539. The van der Waals surface area contributed by atoms with Gasteiger partial charge in [0.2, 0.25) is 0 Å². The van der Waals surface area contributed by atoms with E-state index in [9.17, 15) is 18.8 Å². The second kappa shape index (κ2) is 8.81. The van der Waals surface area contributed by atoms with Gasteiger partial charge in [-0.3, -0.25) is 4.79 Å². The van der Waals surface area contributed by atoms with Crippen molar-refractivity contribution in [3.8, 4) is 17.6 Å². The van der Waals surface area contributed by atoms with Gasteiger partial charge < -0.3 is 14.8 Å². The maximum Gasteiger partial charge on any atom is 0.266 e. The second-order valence-electron chi connectivity index (χ2n) is 5.79. The van der Waals surface area contributed by atoms with Gasteiger partial charge in [0.05, 0.1) is 18.9 Å². The molecule has 27 heavy (non-hydrogen) atoms. The first-order valence-electron chi connectivity index (χ1n) is 8.07. The number of hydrogen-bond donors (Lipinski definition) is 1. The molecule has 0 bridgehead atoms. The molecule has 1 amide bonds. The van der Waals surface area contributed by atoms with Crippen molar-refractivity contribution >= 4 is 17.7 Å². The number of anilines is 1. The number of nitrogens with one attached hydrogen (secondary N) is 1. The van der Waals surface area contributed by atoms with Gasteiger partial charge in [0.1, 0.15) is 23.3 Å². The van der Waals surface area contributed by atoms with Gasteiger partial charge in [-0.05, 0) is 38.1 Å². The molecule has 0 saturated carbocycles. The Kier molecular flexibility index (Phi) is 6.50. The first kappa shape index (κ1) is 19.9. The van der Waals surface area contributed by atoms with E-state index in [0.717, 1.165) is 12.1 Å². The van der Waals surface area contributed by atoms with Crippen LogP contribution in [0.2, 0.25) is 0 Å². The number of ether oxygens (including phenoxy) is 2. The quantitative estimate of drug-likeness (QED) is 0.606. The molecule has 0 fully saturated rings. The highest BCUT2D eigenvalue weighted by Crippen LogP contribution is 2.33. The maximum atomic E-state index is 13.7. The molecule has 0 spiro atoms. The maximum absolute atomic E-state index is 13.7. The van der Waals surface area contributed by atoms with Gasteiger partial charge >= 0.3 is 0 Å². The minimum atomic E-state index is -0.939. The fraction of sp³-hybridized carbons (Fsp3) is 0.200. The van der Waals surface area contributed by atoms with Crippen LogP contribution in [0.1, 0.15) is 19.4 Å². The molecule has 0 atom stereocenters. The van der Waals surface area contributed by atoms with E-state index in [1.165, 1.54) is 13.2 Å². The third-order valence-corrected chi connectivity index (χ3v) is 3.43. The second-order valence-corrected chi connectivity index (χ2v) is 5.79. The summed E-state index contributed by atoms with van der Waals surface area (Å²) < 4.78 is 37.7. The van der Waals surface area contributed by atoms with Crippen molar-refractivity contribution < 1.29 is 23.0 Å². The summed E-state index contributed by atoms with van der Waals surface area (Å²) in [7, 11) is 1.48. The van der Waals surface area contributed by atoms with Gasteiger partial charge in [-0.2, -0.15) is 5.26 Å². The van der Waals surface area contributed by atoms with Crippen LogP contribution in [0.25, 0.3) is 6.08 Å². The van der Waals surface area contributed by atoms with Crippen LogP contribution in [0, 0.1) is 23.0 Å². The molecule has 140 valence electrons. The molecule has 0 aliphatic carbocycles. The molecule has 0 unspecified atom stereocenters. The van der Waals surface area contributed by atoms with E-state index >= 15 is 0 Å². The van der Waals surface area contributed by atoms with Crippen molar-refractivity contribution in [2.24, 2.45) is 0 Å². The number of nitrogens with zero attached hydrogens (tertiary/aromatic N) is 1. The van der Waals surface area contributed by atoms with Crippen LogP contribution in [0.5, 0.6) is 11.5 Å². The Morgan fingerprint density at radius 3 is 2.59 bits per heavy atom. The topological polar surface area (TPSA) is 71.3 Å². The van der Waals surface area contributed by atoms with Crippen molar-refractivity contribution in [3.05, 3.63) is 59.2 Å². The lowest BCUT2D eigenvalue weighted by atomic mass is 10.1. The minimum Gasteiger partial charge on any atom is -0.493 e. The van der Waals surface area contributed by atoms with Gasteiger partial charge in [-0.15, -0.1) is 0 Å². The van der Waals surface area contributed by atoms with E-state index in [0.29, 0.717) is 23.1 Å². The predicted octanol–water partition coefficient (Wildman–Crippen LogP) is 4.31. The number of halogens is 2. The van der Waals surface area contributed by atoms with Crippen LogP contribution in [-0.2, 0) is 4.79 Å². The van der Waals surface area contributed by atoms with Gasteiger partial charge in [-0.25, -0.2) is 8.78 Å². The van der Waals surface area contributed by atoms with E-state index in [-0.39, 0.29) is 17.4 Å². The Balaban J connectivity index is 2.38. The van der Waals surface area contributed by atoms with Crippen LogP contribution in [-0.4, -0.2) is 19.1 Å². The molecule has 2 aromatic rings. The number of methoxy groups -OCH3 is 1. The van der Waals surface area contributed by atoms with E-state index < -0.39 is 17.5 Å². The summed E-state index contributed by atoms with van der Waals surface area (Å²) in [4.78, 5) is 12.3. The first-order valence-corrected chi connectivity index (χ1v) is 8.07. The van der Waals surface area contributed by atoms with Crippen LogP contribution in [0.3, 0.4) is 0 Å². The Morgan fingerprint density at radius 1 is 1.26 bits per heavy atom. The van der Waals surface area contributed by atoms with Gasteiger partial charge in [-0.1, -0.05) is 12.1 Å². The highest BCUT2D eigenvalue weighted by atomic mass is 19.1. The average Bonchev–Trinajstić information content (AvgIpc) is 2.62. The van der Waals surface area contributed by atoms with Gasteiger partial charge in [0.15, 0.2) is 11.5 Å². The molecule has 2 aromatic carbocycles. The van der Waals surface area contributed by atoms with Crippen LogP contribution in [0.15, 0.2) is 42.0 Å². The molecule has 1 N–H and O–H groups in total. The van der Waals surface area contributed by atoms with Gasteiger partial charge in [0, 0.05) is 11.6 Å². The Labute approximate surface area is 155 Å². The number of rotatable bonds is 6. The van der Waals surface area contributed by atoms with Crippen LogP contribution < -0.4 is 14.8 Å². The summed E-state index contributed by atoms with van der Waals surface area (Å²) >= 11 is 0. The van der Waals surface area contributed by atoms with Crippen LogP contribution >= 0.6 is 0 Å². The normalized spacial score (nSPS) is 11.1. The SMILES string of the molecule is COc1cccc(/C=C(\C#N)C(=O)Nc2ccc(F)cc2F)c1OC(C)C. The molecular formula is C20H18F2N2O3. The monoisotopic (exact) mass is 372 g/mol. The van der Waals surface area contributed by atoms with Crippen molar-refractivity contribution in [3.63, 3.8) is 0 Å². The fourth-order valence-corrected chi connectivity index (χ4v) is 2.25. The summed E-state index contributed by atoms with van der Waals surface area (Å²) in [6.45, 7) is 3.66. The largest absolute Gasteiger partial charge is 0.493 e. The summed E-state index contributed by atoms with van der Waals surface area (Å²) in [5.74, 6) is -1.72. The predicted molar refractivity (Wildman–Crippen MR) is 97.3 cm³/mol. The highest BCUT2D eigenvalue weighted by Gasteiger charge is 2.16. The van der Waals surface area contributed by atoms with Crippen molar-refractivity contribution in [2.75, 3.05) is 12.4 Å². The molecule has 2 rings (SSSR count). The summed E-state index contributed by atoms with van der Waals surface area (Å²) in [6, 6.07) is 9.53. The van der Waals surface area contributed by atoms with E-state index in [4.69, 9.17) is 9.47 Å². The first-order chi connectivity index (χ1) is 12.8. The molecule has 0 aliphatic rings. The van der Waals surface area contributed by atoms with Crippen molar-refractivity contribution in [1.82, 2.24) is 0 Å². The van der Waals surface area contributed by atoms with Crippen molar-refractivity contribution in [1.29, 1.82) is 5.26 Å². The number of hydrogen-bond acceptors (Lipinski definition) is 4. The molecule has 0 saturated heterocycles. The van der Waals surface area contributed by atoms with E-state index in [1.54, 1.807) is 24.3 Å². The smallest absolute Gasteiger partial charge is 0.266 e. The number of nitriles is 1. The standard InChI is InChI=1S/C20H18F2N2O3/c1-12(2)27-19-13(5-4-6-18(19)26-3)9-14(11-23)20(25)24-17-8-7-15(21)10-16(17)22/h4-10,12H,1-3H3,(H,24,25)/b14-9+. The van der Waals surface area contributed by atoms with Crippen LogP contribution in [0.4, 0.5) is 14.5 Å².